The third kappa shape index (κ3) is 3.05. The maximum atomic E-state index is 5.01. The summed E-state index contributed by atoms with van der Waals surface area (Å²) >= 11 is 1.74. The molecule has 0 saturated carbocycles. The topological polar surface area (TPSA) is 39.1 Å². The lowest BCUT2D eigenvalue weighted by Gasteiger charge is -2.09. The molecule has 96 valence electrons. The quantitative estimate of drug-likeness (QED) is 0.642. The number of benzene rings is 1. The maximum Gasteiger partial charge on any atom is 0.207 e. The van der Waals surface area contributed by atoms with Crippen LogP contribution in [0.3, 0.4) is 0 Å². The lowest BCUT2D eigenvalue weighted by molar-refractivity contribution is 0.210. The van der Waals surface area contributed by atoms with Gasteiger partial charge in [-0.15, -0.1) is 11.8 Å². The number of imidazole rings is 1. The van der Waals surface area contributed by atoms with E-state index >= 15 is 0 Å². The van der Waals surface area contributed by atoms with E-state index < -0.39 is 0 Å². The first-order valence-corrected chi connectivity index (χ1v) is 6.98. The fourth-order valence-electron chi connectivity index (χ4n) is 1.65. The number of aromatic nitrogens is 2. The molecule has 0 aliphatic heterocycles. The molecule has 1 aromatic carbocycles. The fraction of sp³-hybridized carbons (Fsp3) is 0.308. The highest BCUT2D eigenvalue weighted by molar-refractivity contribution is 7.98. The van der Waals surface area contributed by atoms with E-state index in [4.69, 9.17) is 4.74 Å². The highest BCUT2D eigenvalue weighted by Crippen LogP contribution is 2.19. The van der Waals surface area contributed by atoms with Gasteiger partial charge in [0.25, 0.3) is 0 Å². The first kappa shape index (κ1) is 13.0. The van der Waals surface area contributed by atoms with Crippen molar-refractivity contribution < 1.29 is 4.74 Å². The first-order valence-electron chi connectivity index (χ1n) is 5.75. The van der Waals surface area contributed by atoms with Gasteiger partial charge in [0.05, 0.1) is 6.61 Å². The summed E-state index contributed by atoms with van der Waals surface area (Å²) in [7, 11) is 1.69. The fourth-order valence-corrected chi connectivity index (χ4v) is 2.06. The van der Waals surface area contributed by atoms with Crippen LogP contribution in [-0.2, 0) is 4.74 Å². The normalized spacial score (nSPS) is 10.6. The molecule has 0 aliphatic carbocycles. The van der Waals surface area contributed by atoms with E-state index in [0.717, 1.165) is 18.2 Å². The van der Waals surface area contributed by atoms with Crippen LogP contribution in [0.15, 0.2) is 41.6 Å². The van der Waals surface area contributed by atoms with Gasteiger partial charge < -0.3 is 10.1 Å². The number of methoxy groups -OCH3 is 1. The second-order valence-corrected chi connectivity index (χ2v) is 4.62. The first-order chi connectivity index (χ1) is 8.85. The largest absolute Gasteiger partial charge is 0.383 e. The van der Waals surface area contributed by atoms with Gasteiger partial charge in [-0.3, -0.25) is 4.57 Å². The third-order valence-electron chi connectivity index (χ3n) is 2.58. The summed E-state index contributed by atoms with van der Waals surface area (Å²) in [6.07, 6.45) is 5.81. The lowest BCUT2D eigenvalue weighted by Crippen LogP contribution is -2.11. The number of anilines is 1. The summed E-state index contributed by atoms with van der Waals surface area (Å²) in [4.78, 5) is 5.56. The summed E-state index contributed by atoms with van der Waals surface area (Å²) in [5.74, 6) is 0.837. The minimum Gasteiger partial charge on any atom is -0.383 e. The van der Waals surface area contributed by atoms with Crippen LogP contribution in [-0.4, -0.2) is 36.1 Å². The van der Waals surface area contributed by atoms with Crippen LogP contribution in [0.25, 0.3) is 5.69 Å². The van der Waals surface area contributed by atoms with E-state index in [9.17, 15) is 0 Å². The summed E-state index contributed by atoms with van der Waals surface area (Å²) < 4.78 is 7.04. The van der Waals surface area contributed by atoms with Gasteiger partial charge in [-0.1, -0.05) is 0 Å². The van der Waals surface area contributed by atoms with Crippen LogP contribution in [0.4, 0.5) is 5.95 Å². The van der Waals surface area contributed by atoms with Crippen LogP contribution in [0.5, 0.6) is 0 Å². The van der Waals surface area contributed by atoms with Crippen LogP contribution in [0.2, 0.25) is 0 Å². The van der Waals surface area contributed by atoms with E-state index in [1.54, 1.807) is 25.1 Å². The average Bonchev–Trinajstić information content (AvgIpc) is 2.88. The minimum atomic E-state index is 0.665. The van der Waals surface area contributed by atoms with Crippen LogP contribution in [0.1, 0.15) is 0 Å². The van der Waals surface area contributed by atoms with Crippen molar-refractivity contribution in [3.63, 3.8) is 0 Å². The zero-order valence-electron chi connectivity index (χ0n) is 10.6. The van der Waals surface area contributed by atoms with E-state index in [2.05, 4.69) is 40.8 Å². The van der Waals surface area contributed by atoms with Crippen molar-refractivity contribution in [1.29, 1.82) is 0 Å². The number of rotatable bonds is 6. The highest BCUT2D eigenvalue weighted by Gasteiger charge is 2.03. The number of nitrogens with zero attached hydrogens (tertiary/aromatic N) is 2. The number of ether oxygens (including phenoxy) is 1. The molecular formula is C13H17N3OS. The molecule has 5 heteroatoms. The van der Waals surface area contributed by atoms with Crippen molar-refractivity contribution in [3.05, 3.63) is 36.7 Å². The Bertz CT molecular complexity index is 481. The molecule has 0 aliphatic rings. The molecule has 18 heavy (non-hydrogen) atoms. The number of hydrogen-bond donors (Lipinski definition) is 1. The van der Waals surface area contributed by atoms with Crippen LogP contribution >= 0.6 is 11.8 Å². The van der Waals surface area contributed by atoms with Crippen molar-refractivity contribution in [2.45, 2.75) is 4.90 Å². The smallest absolute Gasteiger partial charge is 0.207 e. The van der Waals surface area contributed by atoms with E-state index in [0.29, 0.717) is 6.61 Å². The minimum absolute atomic E-state index is 0.665. The van der Waals surface area contributed by atoms with Crippen molar-refractivity contribution in [2.75, 3.05) is 31.8 Å². The molecule has 0 radical (unpaired) electrons. The van der Waals surface area contributed by atoms with Crippen molar-refractivity contribution in [2.24, 2.45) is 0 Å². The zero-order valence-corrected chi connectivity index (χ0v) is 11.4. The van der Waals surface area contributed by atoms with Gasteiger partial charge in [-0.25, -0.2) is 4.98 Å². The molecule has 0 amide bonds. The van der Waals surface area contributed by atoms with Crippen LogP contribution in [0, 0.1) is 0 Å². The summed E-state index contributed by atoms with van der Waals surface area (Å²) in [5.41, 5.74) is 1.10. The average molecular weight is 263 g/mol. The summed E-state index contributed by atoms with van der Waals surface area (Å²) in [6, 6.07) is 8.40. The van der Waals surface area contributed by atoms with Crippen molar-refractivity contribution in [1.82, 2.24) is 9.55 Å². The molecule has 2 rings (SSSR count). The third-order valence-corrected chi connectivity index (χ3v) is 3.32. The van der Waals surface area contributed by atoms with Gasteiger partial charge >= 0.3 is 0 Å². The van der Waals surface area contributed by atoms with E-state index in [1.165, 1.54) is 4.90 Å². The standard InChI is InChI=1S/C13H17N3OS/c1-17-10-8-15-13-14-7-9-16(13)11-3-5-12(18-2)6-4-11/h3-7,9H,8,10H2,1-2H3,(H,14,15). The van der Waals surface area contributed by atoms with Crippen molar-refractivity contribution in [3.8, 4) is 5.69 Å². The molecule has 2 aromatic rings. The predicted octanol–water partition coefficient (Wildman–Crippen LogP) is 2.65. The molecule has 1 heterocycles. The molecule has 0 unspecified atom stereocenters. The summed E-state index contributed by atoms with van der Waals surface area (Å²) in [5, 5.41) is 3.24. The van der Waals surface area contributed by atoms with Gasteiger partial charge in [0, 0.05) is 36.6 Å². The predicted molar refractivity (Wildman–Crippen MR) is 75.7 cm³/mol. The number of hydrogen-bond acceptors (Lipinski definition) is 4. The van der Waals surface area contributed by atoms with Gasteiger partial charge in [-0.2, -0.15) is 0 Å². The Balaban J connectivity index is 2.14. The lowest BCUT2D eigenvalue weighted by atomic mass is 10.3. The van der Waals surface area contributed by atoms with Gasteiger partial charge in [0.2, 0.25) is 5.95 Å². The SMILES string of the molecule is COCCNc1nccn1-c1ccc(SC)cc1. The number of thioether (sulfide) groups is 1. The molecule has 1 N–H and O–H groups in total. The van der Waals surface area contributed by atoms with Crippen LogP contribution < -0.4 is 5.32 Å². The molecule has 0 spiro atoms. The molecule has 4 nitrogen and oxygen atoms in total. The summed E-state index contributed by atoms with van der Waals surface area (Å²) in [6.45, 7) is 1.41. The van der Waals surface area contributed by atoms with Crippen molar-refractivity contribution >= 4 is 17.7 Å². The Labute approximate surface area is 111 Å². The Morgan fingerprint density at radius 1 is 1.33 bits per heavy atom. The molecule has 1 aromatic heterocycles. The highest BCUT2D eigenvalue weighted by atomic mass is 32.2. The molecule has 0 saturated heterocycles. The van der Waals surface area contributed by atoms with Gasteiger partial charge in [0.1, 0.15) is 0 Å². The van der Waals surface area contributed by atoms with E-state index in [1.807, 2.05) is 10.8 Å². The Morgan fingerprint density at radius 3 is 2.78 bits per heavy atom. The van der Waals surface area contributed by atoms with Gasteiger partial charge in [0.15, 0.2) is 0 Å². The second kappa shape index (κ2) is 6.47. The van der Waals surface area contributed by atoms with Gasteiger partial charge in [-0.05, 0) is 30.5 Å². The molecule has 0 atom stereocenters. The molecule has 0 fully saturated rings. The zero-order chi connectivity index (χ0) is 12.8. The Hall–Kier alpha value is -1.46. The molecular weight excluding hydrogens is 246 g/mol. The maximum absolute atomic E-state index is 5.01. The van der Waals surface area contributed by atoms with E-state index in [-0.39, 0.29) is 0 Å². The number of nitrogens with one attached hydrogen (secondary N) is 1. The monoisotopic (exact) mass is 263 g/mol. The second-order valence-electron chi connectivity index (χ2n) is 3.74. The Kier molecular flexibility index (Phi) is 4.66. The Morgan fingerprint density at radius 2 is 2.11 bits per heavy atom. The molecule has 0 bridgehead atoms.